The van der Waals surface area contributed by atoms with E-state index in [1.807, 2.05) is 0 Å². The van der Waals surface area contributed by atoms with Gasteiger partial charge in [0.15, 0.2) is 5.11 Å². The van der Waals surface area contributed by atoms with E-state index in [1.165, 1.54) is 18.2 Å². The molecule has 8 heteroatoms. The normalized spacial score (nSPS) is 10.5. The number of aromatic carboxylic acids is 1. The van der Waals surface area contributed by atoms with Crippen LogP contribution in [0.5, 0.6) is 0 Å². The molecule has 25 heavy (non-hydrogen) atoms. The van der Waals surface area contributed by atoms with Gasteiger partial charge in [-0.05, 0) is 48.1 Å². The fraction of sp³-hybridized carbons (Fsp3) is 0. The largest absolute Gasteiger partial charge is 0.478 e. The molecule has 0 radical (unpaired) electrons. The molecular formula is C17H12Cl2N2O3S. The first-order chi connectivity index (χ1) is 11.9. The highest BCUT2D eigenvalue weighted by molar-refractivity contribution is 7.80. The number of nitrogens with one attached hydrogen (secondary N) is 2. The van der Waals surface area contributed by atoms with Crippen LogP contribution in [0.4, 0.5) is 5.69 Å². The second kappa shape index (κ2) is 8.62. The second-order valence-corrected chi connectivity index (χ2v) is 6.05. The molecule has 0 aliphatic carbocycles. The third-order valence-corrected chi connectivity index (χ3v) is 3.79. The molecule has 0 spiro atoms. The highest BCUT2D eigenvalue weighted by atomic mass is 35.5. The number of amides is 1. The Morgan fingerprint density at radius 3 is 2.52 bits per heavy atom. The maximum absolute atomic E-state index is 11.9. The van der Waals surface area contributed by atoms with Gasteiger partial charge < -0.3 is 10.4 Å². The summed E-state index contributed by atoms with van der Waals surface area (Å²) >= 11 is 16.8. The van der Waals surface area contributed by atoms with Gasteiger partial charge in [-0.2, -0.15) is 0 Å². The predicted molar refractivity (Wildman–Crippen MR) is 103 cm³/mol. The molecule has 0 heterocycles. The number of halogens is 2. The zero-order chi connectivity index (χ0) is 18.4. The van der Waals surface area contributed by atoms with E-state index in [0.717, 1.165) is 0 Å². The van der Waals surface area contributed by atoms with Gasteiger partial charge in [-0.15, -0.1) is 0 Å². The van der Waals surface area contributed by atoms with E-state index < -0.39 is 11.9 Å². The number of carboxylic acids is 1. The first-order valence-electron chi connectivity index (χ1n) is 6.94. The zero-order valence-electron chi connectivity index (χ0n) is 12.6. The Labute approximate surface area is 159 Å². The Balaban J connectivity index is 2.00. The fourth-order valence-corrected chi connectivity index (χ4v) is 2.57. The summed E-state index contributed by atoms with van der Waals surface area (Å²) < 4.78 is 0. The van der Waals surface area contributed by atoms with Gasteiger partial charge in [0, 0.05) is 16.1 Å². The Hall–Kier alpha value is -2.41. The standard InChI is InChI=1S/C17H12Cl2N2O3S/c18-11-7-5-10(13(19)9-11)6-8-15(22)21-17(25)20-14-4-2-1-3-12(14)16(23)24/h1-9H,(H,23,24)(H2,20,21,22,25)/b8-6+. The number of rotatable bonds is 4. The number of para-hydroxylation sites is 1. The lowest BCUT2D eigenvalue weighted by atomic mass is 10.2. The Morgan fingerprint density at radius 2 is 1.84 bits per heavy atom. The summed E-state index contributed by atoms with van der Waals surface area (Å²) in [4.78, 5) is 23.0. The summed E-state index contributed by atoms with van der Waals surface area (Å²) in [7, 11) is 0. The van der Waals surface area contributed by atoms with Crippen molar-refractivity contribution in [1.82, 2.24) is 5.32 Å². The molecular weight excluding hydrogens is 383 g/mol. The number of carbonyl (C=O) groups excluding carboxylic acids is 1. The van der Waals surface area contributed by atoms with E-state index in [2.05, 4.69) is 10.6 Å². The van der Waals surface area contributed by atoms with Gasteiger partial charge in [-0.25, -0.2) is 4.79 Å². The van der Waals surface area contributed by atoms with Gasteiger partial charge in [0.1, 0.15) is 0 Å². The van der Waals surface area contributed by atoms with Crippen LogP contribution in [-0.2, 0) is 4.79 Å². The lowest BCUT2D eigenvalue weighted by Crippen LogP contribution is -2.33. The van der Waals surface area contributed by atoms with Crippen molar-refractivity contribution in [1.29, 1.82) is 0 Å². The maximum Gasteiger partial charge on any atom is 0.337 e. The van der Waals surface area contributed by atoms with Crippen LogP contribution in [0.1, 0.15) is 15.9 Å². The highest BCUT2D eigenvalue weighted by Gasteiger charge is 2.10. The van der Waals surface area contributed by atoms with Crippen molar-refractivity contribution >= 4 is 64.2 Å². The fourth-order valence-electron chi connectivity index (χ4n) is 1.89. The Bertz CT molecular complexity index is 869. The monoisotopic (exact) mass is 394 g/mol. The van der Waals surface area contributed by atoms with E-state index in [-0.39, 0.29) is 16.4 Å². The second-order valence-electron chi connectivity index (χ2n) is 4.79. The van der Waals surface area contributed by atoms with E-state index in [9.17, 15) is 9.59 Å². The minimum absolute atomic E-state index is 0.0226. The molecule has 0 saturated carbocycles. The molecule has 0 aliphatic rings. The minimum atomic E-state index is -1.10. The van der Waals surface area contributed by atoms with Gasteiger partial charge >= 0.3 is 5.97 Å². The van der Waals surface area contributed by atoms with Crippen molar-refractivity contribution in [3.8, 4) is 0 Å². The van der Waals surface area contributed by atoms with Crippen LogP contribution >= 0.6 is 35.4 Å². The molecule has 0 aliphatic heterocycles. The van der Waals surface area contributed by atoms with Crippen molar-refractivity contribution in [2.75, 3.05) is 5.32 Å². The summed E-state index contributed by atoms with van der Waals surface area (Å²) in [6.45, 7) is 0. The third-order valence-electron chi connectivity index (χ3n) is 3.02. The first kappa shape index (κ1) is 18.9. The molecule has 2 aromatic rings. The van der Waals surface area contributed by atoms with E-state index >= 15 is 0 Å². The van der Waals surface area contributed by atoms with Crippen molar-refractivity contribution in [2.24, 2.45) is 0 Å². The Kier molecular flexibility index (Phi) is 6.52. The molecule has 0 aromatic heterocycles. The van der Waals surface area contributed by atoms with Gasteiger partial charge in [-0.1, -0.05) is 41.4 Å². The minimum Gasteiger partial charge on any atom is -0.478 e. The number of anilines is 1. The van der Waals surface area contributed by atoms with Crippen LogP contribution in [0.3, 0.4) is 0 Å². The third kappa shape index (κ3) is 5.56. The average Bonchev–Trinajstić information content (AvgIpc) is 2.54. The van der Waals surface area contributed by atoms with Crippen LogP contribution in [0.25, 0.3) is 6.08 Å². The first-order valence-corrected chi connectivity index (χ1v) is 8.10. The molecule has 0 unspecified atom stereocenters. The molecule has 0 bridgehead atoms. The van der Waals surface area contributed by atoms with Gasteiger partial charge in [-0.3, -0.25) is 10.1 Å². The van der Waals surface area contributed by atoms with E-state index in [0.29, 0.717) is 15.6 Å². The molecule has 2 aromatic carbocycles. The summed E-state index contributed by atoms with van der Waals surface area (Å²) in [5, 5.41) is 15.1. The van der Waals surface area contributed by atoms with Crippen LogP contribution in [0, 0.1) is 0 Å². The molecule has 3 N–H and O–H groups in total. The maximum atomic E-state index is 11.9. The predicted octanol–water partition coefficient (Wildman–Crippen LogP) is 4.22. The number of thiocarbonyl (C=S) groups is 1. The van der Waals surface area contributed by atoms with Crippen molar-refractivity contribution < 1.29 is 14.7 Å². The molecule has 128 valence electrons. The number of hydrogen-bond donors (Lipinski definition) is 3. The number of hydrogen-bond acceptors (Lipinski definition) is 3. The Morgan fingerprint density at radius 1 is 1.12 bits per heavy atom. The molecule has 5 nitrogen and oxygen atoms in total. The van der Waals surface area contributed by atoms with Crippen LogP contribution in [-0.4, -0.2) is 22.1 Å². The SMILES string of the molecule is O=C(/C=C/c1ccc(Cl)cc1Cl)NC(=S)Nc1ccccc1C(=O)O. The topological polar surface area (TPSA) is 78.4 Å². The lowest BCUT2D eigenvalue weighted by molar-refractivity contribution is -0.115. The van der Waals surface area contributed by atoms with Gasteiger partial charge in [0.2, 0.25) is 5.91 Å². The summed E-state index contributed by atoms with van der Waals surface area (Å²) in [5.74, 6) is -1.59. The van der Waals surface area contributed by atoms with Crippen molar-refractivity contribution in [3.63, 3.8) is 0 Å². The molecule has 0 fully saturated rings. The molecule has 0 atom stereocenters. The summed E-state index contributed by atoms with van der Waals surface area (Å²) in [6, 6.07) is 11.1. The van der Waals surface area contributed by atoms with Crippen LogP contribution in [0.15, 0.2) is 48.5 Å². The van der Waals surface area contributed by atoms with Gasteiger partial charge in [0.25, 0.3) is 0 Å². The lowest BCUT2D eigenvalue weighted by Gasteiger charge is -2.10. The number of carbonyl (C=O) groups is 2. The highest BCUT2D eigenvalue weighted by Crippen LogP contribution is 2.21. The average molecular weight is 395 g/mol. The van der Waals surface area contributed by atoms with Crippen molar-refractivity contribution in [2.45, 2.75) is 0 Å². The number of carboxylic acid groups (broad SMARTS) is 1. The zero-order valence-corrected chi connectivity index (χ0v) is 15.0. The number of benzene rings is 2. The smallest absolute Gasteiger partial charge is 0.337 e. The van der Waals surface area contributed by atoms with Crippen LogP contribution in [0.2, 0.25) is 10.0 Å². The van der Waals surface area contributed by atoms with E-state index in [1.54, 1.807) is 36.4 Å². The molecule has 2 rings (SSSR count). The molecule has 1 amide bonds. The van der Waals surface area contributed by atoms with Crippen LogP contribution < -0.4 is 10.6 Å². The van der Waals surface area contributed by atoms with Crippen molar-refractivity contribution in [3.05, 3.63) is 69.7 Å². The summed E-state index contributed by atoms with van der Waals surface area (Å²) in [5.41, 5.74) is 0.948. The quantitative estimate of drug-likeness (QED) is 0.534. The van der Waals surface area contributed by atoms with Gasteiger partial charge in [0.05, 0.1) is 11.3 Å². The van der Waals surface area contributed by atoms with E-state index in [4.69, 9.17) is 40.5 Å². The molecule has 0 saturated heterocycles. The summed E-state index contributed by atoms with van der Waals surface area (Å²) in [6.07, 6.45) is 2.77.